The number of carbonyl (C=O) groups is 1. The normalized spacial score (nSPS) is 13.1. The molecule has 0 N–H and O–H groups in total. The number of ether oxygens (including phenoxy) is 2. The van der Waals surface area contributed by atoms with Crippen LogP contribution in [0, 0.1) is 5.21 Å². The van der Waals surface area contributed by atoms with Gasteiger partial charge in [-0.15, -0.1) is 0 Å². The quantitative estimate of drug-likeness (QED) is 0.640. The van der Waals surface area contributed by atoms with Gasteiger partial charge in [0.1, 0.15) is 0 Å². The van der Waals surface area contributed by atoms with Crippen molar-refractivity contribution in [1.82, 2.24) is 10.2 Å². The van der Waals surface area contributed by atoms with Crippen molar-refractivity contribution in [1.29, 1.82) is 0 Å². The van der Waals surface area contributed by atoms with Crippen molar-refractivity contribution in [3.8, 4) is 11.5 Å². The predicted molar refractivity (Wildman–Crippen MR) is 78.5 cm³/mol. The molecule has 3 rings (SSSR count). The first-order chi connectivity index (χ1) is 10.6. The lowest BCUT2D eigenvalue weighted by Crippen LogP contribution is -2.21. The number of pyridine rings is 1. The molecule has 7 heteroatoms. The van der Waals surface area contributed by atoms with Crippen LogP contribution in [0.2, 0.25) is 0 Å². The standard InChI is InChI=1S/C15H12N3O4/c1-10(11-4-6-16-7-5-11)17-18(20)15(19)12-2-3-13-14(8-12)22-9-21-13/h2-8H,9H2,1H3/q-1. The molecular weight excluding hydrogens is 286 g/mol. The Morgan fingerprint density at radius 3 is 2.68 bits per heavy atom. The van der Waals surface area contributed by atoms with Gasteiger partial charge in [0, 0.05) is 23.5 Å². The largest absolute Gasteiger partial charge is 0.735 e. The molecular formula is C15H12N3O4-. The Labute approximate surface area is 126 Å². The van der Waals surface area contributed by atoms with E-state index in [9.17, 15) is 10.0 Å². The molecule has 1 aromatic carbocycles. The summed E-state index contributed by atoms with van der Waals surface area (Å²) in [5, 5.41) is 15.7. The summed E-state index contributed by atoms with van der Waals surface area (Å²) in [7, 11) is 0. The number of hydrogen-bond donors (Lipinski definition) is 0. The van der Waals surface area contributed by atoms with Gasteiger partial charge in [-0.1, -0.05) is 0 Å². The summed E-state index contributed by atoms with van der Waals surface area (Å²) >= 11 is 0. The van der Waals surface area contributed by atoms with E-state index in [1.165, 1.54) is 12.1 Å². The average Bonchev–Trinajstić information content (AvgIpc) is 3.02. The third-order valence-corrected chi connectivity index (χ3v) is 3.13. The molecule has 7 nitrogen and oxygen atoms in total. The molecule has 1 aliphatic heterocycles. The fourth-order valence-electron chi connectivity index (χ4n) is 1.97. The van der Waals surface area contributed by atoms with Gasteiger partial charge in [0.25, 0.3) is 5.91 Å². The molecule has 22 heavy (non-hydrogen) atoms. The minimum atomic E-state index is -0.772. The molecule has 0 radical (unpaired) electrons. The molecule has 112 valence electrons. The molecule has 0 aliphatic carbocycles. The lowest BCUT2D eigenvalue weighted by molar-refractivity contribution is 0.0825. The van der Waals surface area contributed by atoms with Crippen LogP contribution in [-0.4, -0.2) is 28.6 Å². The second-order valence-corrected chi connectivity index (χ2v) is 4.57. The smallest absolute Gasteiger partial charge is 0.263 e. The zero-order valence-corrected chi connectivity index (χ0v) is 11.7. The molecule has 1 aromatic heterocycles. The van der Waals surface area contributed by atoms with Crippen molar-refractivity contribution in [2.75, 3.05) is 6.79 Å². The summed E-state index contributed by atoms with van der Waals surface area (Å²) < 4.78 is 10.3. The zero-order valence-electron chi connectivity index (χ0n) is 11.7. The molecule has 2 heterocycles. The van der Waals surface area contributed by atoms with Crippen LogP contribution in [0.15, 0.2) is 47.8 Å². The third-order valence-electron chi connectivity index (χ3n) is 3.13. The summed E-state index contributed by atoms with van der Waals surface area (Å²) in [5.74, 6) is 0.214. The average molecular weight is 298 g/mol. The van der Waals surface area contributed by atoms with Crippen LogP contribution in [0.3, 0.4) is 0 Å². The van der Waals surface area contributed by atoms with Crippen LogP contribution >= 0.6 is 0 Å². The third kappa shape index (κ3) is 2.75. The molecule has 2 aromatic rings. The van der Waals surface area contributed by atoms with Gasteiger partial charge in [-0.3, -0.25) is 15.0 Å². The van der Waals surface area contributed by atoms with Crippen molar-refractivity contribution >= 4 is 11.6 Å². The Morgan fingerprint density at radius 2 is 1.91 bits per heavy atom. The van der Waals surface area contributed by atoms with Gasteiger partial charge in [0.05, 0.1) is 5.71 Å². The van der Waals surface area contributed by atoms with Gasteiger partial charge in [-0.25, -0.2) is 0 Å². The molecule has 0 unspecified atom stereocenters. The van der Waals surface area contributed by atoms with E-state index in [0.29, 0.717) is 22.8 Å². The number of fused-ring (bicyclic) bond motifs is 1. The van der Waals surface area contributed by atoms with Crippen molar-refractivity contribution in [3.05, 3.63) is 59.1 Å². The molecule has 0 bridgehead atoms. The van der Waals surface area contributed by atoms with Crippen LogP contribution in [0.1, 0.15) is 22.8 Å². The van der Waals surface area contributed by atoms with Crippen molar-refractivity contribution in [2.24, 2.45) is 5.10 Å². The molecule has 0 fully saturated rings. The van der Waals surface area contributed by atoms with Gasteiger partial charge in [0.2, 0.25) is 6.79 Å². The lowest BCUT2D eigenvalue weighted by Gasteiger charge is -2.23. The highest BCUT2D eigenvalue weighted by Gasteiger charge is 2.17. The summed E-state index contributed by atoms with van der Waals surface area (Å²) in [4.78, 5) is 16.0. The Bertz CT molecular complexity index is 731. The van der Waals surface area contributed by atoms with Gasteiger partial charge in [0.15, 0.2) is 11.5 Å². The number of hydrazone groups is 1. The fraction of sp³-hybridized carbons (Fsp3) is 0.133. The van der Waals surface area contributed by atoms with E-state index < -0.39 is 5.91 Å². The predicted octanol–water partition coefficient (Wildman–Crippen LogP) is 2.17. The fourth-order valence-corrected chi connectivity index (χ4v) is 1.97. The van der Waals surface area contributed by atoms with Crippen LogP contribution < -0.4 is 9.47 Å². The maximum absolute atomic E-state index is 12.1. The first-order valence-electron chi connectivity index (χ1n) is 6.52. The van der Waals surface area contributed by atoms with Gasteiger partial charge in [-0.05, 0) is 37.3 Å². The highest BCUT2D eigenvalue weighted by molar-refractivity contribution is 6.01. The Balaban J connectivity index is 1.80. The van der Waals surface area contributed by atoms with Crippen LogP contribution in [0.25, 0.3) is 0 Å². The number of benzene rings is 1. The highest BCUT2D eigenvalue weighted by Crippen LogP contribution is 2.32. The maximum Gasteiger partial charge on any atom is 0.263 e. The monoisotopic (exact) mass is 298 g/mol. The minimum Gasteiger partial charge on any atom is -0.735 e. The summed E-state index contributed by atoms with van der Waals surface area (Å²) in [6.45, 7) is 1.75. The Hall–Kier alpha value is -2.93. The first kappa shape index (κ1) is 14.0. The Kier molecular flexibility index (Phi) is 3.71. The first-order valence-corrected chi connectivity index (χ1v) is 6.52. The number of carbonyl (C=O) groups excluding carboxylic acids is 1. The number of amides is 1. The molecule has 0 saturated heterocycles. The summed E-state index contributed by atoms with van der Waals surface area (Å²) in [6.07, 6.45) is 3.17. The SMILES string of the molecule is CC(=NN([O-])C(=O)c1ccc2c(c1)OCO2)c1ccncc1. The van der Waals surface area contributed by atoms with E-state index in [1.54, 1.807) is 37.5 Å². The van der Waals surface area contributed by atoms with E-state index in [-0.39, 0.29) is 17.5 Å². The molecule has 0 saturated carbocycles. The second kappa shape index (κ2) is 5.82. The van der Waals surface area contributed by atoms with E-state index in [0.717, 1.165) is 0 Å². The Morgan fingerprint density at radius 1 is 1.18 bits per heavy atom. The molecule has 0 spiro atoms. The van der Waals surface area contributed by atoms with Crippen LogP contribution in [0.4, 0.5) is 0 Å². The van der Waals surface area contributed by atoms with Crippen molar-refractivity contribution in [3.63, 3.8) is 0 Å². The van der Waals surface area contributed by atoms with Crippen molar-refractivity contribution < 1.29 is 14.3 Å². The second-order valence-electron chi connectivity index (χ2n) is 4.57. The number of hydroxylamine groups is 1. The van der Waals surface area contributed by atoms with E-state index in [4.69, 9.17) is 9.47 Å². The molecule has 0 atom stereocenters. The topological polar surface area (TPSA) is 87.1 Å². The number of nitrogens with zero attached hydrogens (tertiary/aromatic N) is 3. The number of aromatic nitrogens is 1. The highest BCUT2D eigenvalue weighted by atomic mass is 16.7. The minimum absolute atomic E-state index is 0.0628. The van der Waals surface area contributed by atoms with Gasteiger partial charge >= 0.3 is 0 Å². The van der Waals surface area contributed by atoms with Gasteiger partial charge in [-0.2, -0.15) is 5.10 Å². The lowest BCUT2D eigenvalue weighted by atomic mass is 10.2. The maximum atomic E-state index is 12.1. The summed E-state index contributed by atoms with van der Waals surface area (Å²) in [5.41, 5.74) is 1.33. The number of rotatable bonds is 3. The van der Waals surface area contributed by atoms with E-state index in [1.807, 2.05) is 0 Å². The van der Waals surface area contributed by atoms with Crippen molar-refractivity contribution in [2.45, 2.75) is 6.92 Å². The molecule has 1 aliphatic rings. The zero-order chi connectivity index (χ0) is 15.5. The number of hydrogen-bond acceptors (Lipinski definition) is 6. The van der Waals surface area contributed by atoms with E-state index >= 15 is 0 Å². The van der Waals surface area contributed by atoms with Crippen LogP contribution in [0.5, 0.6) is 11.5 Å². The van der Waals surface area contributed by atoms with Crippen LogP contribution in [-0.2, 0) is 0 Å². The van der Waals surface area contributed by atoms with Gasteiger partial charge < -0.3 is 14.7 Å². The molecule has 1 amide bonds. The summed E-state index contributed by atoms with van der Waals surface area (Å²) in [6, 6.07) is 7.96. The van der Waals surface area contributed by atoms with E-state index in [2.05, 4.69) is 10.1 Å².